The summed E-state index contributed by atoms with van der Waals surface area (Å²) in [6, 6.07) is 9.90. The zero-order chi connectivity index (χ0) is 23.2. The first-order chi connectivity index (χ1) is 15.1. The topological polar surface area (TPSA) is 70.3 Å². The molecular formula is C25H34N6O. The van der Waals surface area contributed by atoms with Crippen molar-refractivity contribution in [1.82, 2.24) is 24.6 Å². The number of nitrogens with zero attached hydrogens (tertiary/aromatic N) is 6. The number of aryl methyl sites for hydroxylation is 2. The van der Waals surface area contributed by atoms with E-state index in [0.29, 0.717) is 23.2 Å². The minimum absolute atomic E-state index is 0.129. The maximum absolute atomic E-state index is 10.7. The fourth-order valence-corrected chi connectivity index (χ4v) is 4.64. The van der Waals surface area contributed by atoms with Crippen LogP contribution in [0.3, 0.4) is 0 Å². The Morgan fingerprint density at radius 3 is 2.44 bits per heavy atom. The van der Waals surface area contributed by atoms with Crippen molar-refractivity contribution in [1.29, 1.82) is 0 Å². The summed E-state index contributed by atoms with van der Waals surface area (Å²) in [6.07, 6.45) is 3.05. The van der Waals surface area contributed by atoms with Crippen LogP contribution in [0.2, 0.25) is 0 Å². The molecule has 1 saturated heterocycles. The molecule has 170 valence electrons. The maximum atomic E-state index is 10.7. The molecular weight excluding hydrogens is 400 g/mol. The maximum Gasteiger partial charge on any atom is 0.151 e. The molecule has 1 aromatic carbocycles. The summed E-state index contributed by atoms with van der Waals surface area (Å²) in [5.74, 6) is 2.44. The van der Waals surface area contributed by atoms with Gasteiger partial charge in [0.1, 0.15) is 11.6 Å². The Balaban J connectivity index is 1.55. The number of likely N-dealkylation sites (tertiary alicyclic amines) is 1. The minimum atomic E-state index is 0.129. The van der Waals surface area contributed by atoms with Gasteiger partial charge in [0.15, 0.2) is 5.82 Å². The van der Waals surface area contributed by atoms with Gasteiger partial charge in [-0.2, -0.15) is 0 Å². The Morgan fingerprint density at radius 2 is 1.84 bits per heavy atom. The van der Waals surface area contributed by atoms with Gasteiger partial charge < -0.3 is 19.5 Å². The monoisotopic (exact) mass is 434 g/mol. The predicted octanol–water partition coefficient (Wildman–Crippen LogP) is 4.11. The van der Waals surface area contributed by atoms with Crippen LogP contribution >= 0.6 is 0 Å². The number of phenols is 1. The van der Waals surface area contributed by atoms with Crippen molar-refractivity contribution in [3.63, 3.8) is 0 Å². The highest BCUT2D eigenvalue weighted by Gasteiger charge is 2.41. The van der Waals surface area contributed by atoms with Crippen molar-refractivity contribution in [3.05, 3.63) is 42.4 Å². The third-order valence-electron chi connectivity index (χ3n) is 7.62. The van der Waals surface area contributed by atoms with E-state index in [9.17, 15) is 5.11 Å². The van der Waals surface area contributed by atoms with Gasteiger partial charge in [0.05, 0.1) is 11.4 Å². The van der Waals surface area contributed by atoms with E-state index >= 15 is 0 Å². The van der Waals surface area contributed by atoms with E-state index in [4.69, 9.17) is 0 Å². The molecule has 7 nitrogen and oxygen atoms in total. The number of imidazole rings is 1. The normalized spacial score (nSPS) is 21.0. The average molecular weight is 435 g/mol. The van der Waals surface area contributed by atoms with Gasteiger partial charge in [0, 0.05) is 49.5 Å². The first kappa shape index (κ1) is 22.3. The molecule has 0 saturated carbocycles. The molecule has 0 spiro atoms. The van der Waals surface area contributed by atoms with Crippen molar-refractivity contribution in [2.24, 2.45) is 13.0 Å². The molecule has 0 bridgehead atoms. The van der Waals surface area contributed by atoms with Gasteiger partial charge >= 0.3 is 0 Å². The molecule has 4 rings (SSSR count). The summed E-state index contributed by atoms with van der Waals surface area (Å²) in [4.78, 5) is 9.23. The highest BCUT2D eigenvalue weighted by atomic mass is 16.3. The van der Waals surface area contributed by atoms with Crippen LogP contribution in [0.15, 0.2) is 36.5 Å². The van der Waals surface area contributed by atoms with Crippen LogP contribution in [-0.4, -0.2) is 62.0 Å². The summed E-state index contributed by atoms with van der Waals surface area (Å²) in [6.45, 7) is 9.96. The lowest BCUT2D eigenvalue weighted by atomic mass is 9.77. The second-order valence-corrected chi connectivity index (χ2v) is 9.62. The molecule has 0 amide bonds. The zero-order valence-electron chi connectivity index (χ0n) is 20.2. The fourth-order valence-electron chi connectivity index (χ4n) is 4.64. The number of anilines is 1. The van der Waals surface area contributed by atoms with Gasteiger partial charge in [0.2, 0.25) is 0 Å². The first-order valence-corrected chi connectivity index (χ1v) is 11.2. The van der Waals surface area contributed by atoms with Crippen molar-refractivity contribution in [2.45, 2.75) is 45.7 Å². The molecule has 2 aromatic heterocycles. The van der Waals surface area contributed by atoms with E-state index in [0.717, 1.165) is 35.9 Å². The Kier molecular flexibility index (Phi) is 5.71. The Hall–Kier alpha value is -2.93. The van der Waals surface area contributed by atoms with Crippen LogP contribution in [0.5, 0.6) is 5.75 Å². The molecule has 3 aromatic rings. The molecule has 0 radical (unpaired) electrons. The Labute approximate surface area is 190 Å². The molecule has 1 aliphatic rings. The molecule has 2 unspecified atom stereocenters. The van der Waals surface area contributed by atoms with E-state index in [1.807, 2.05) is 49.0 Å². The van der Waals surface area contributed by atoms with Crippen molar-refractivity contribution in [3.8, 4) is 28.3 Å². The van der Waals surface area contributed by atoms with Crippen LogP contribution in [0.4, 0.5) is 5.82 Å². The Morgan fingerprint density at radius 1 is 1.09 bits per heavy atom. The van der Waals surface area contributed by atoms with Crippen LogP contribution in [0, 0.1) is 12.8 Å². The van der Waals surface area contributed by atoms with Gasteiger partial charge in [-0.1, -0.05) is 13.0 Å². The van der Waals surface area contributed by atoms with Crippen LogP contribution in [0.25, 0.3) is 22.5 Å². The number of aromatic hydroxyl groups is 1. The molecule has 1 fully saturated rings. The quantitative estimate of drug-likeness (QED) is 0.666. The lowest BCUT2D eigenvalue weighted by molar-refractivity contribution is 0.0391. The smallest absolute Gasteiger partial charge is 0.151 e. The van der Waals surface area contributed by atoms with Gasteiger partial charge in [-0.05, 0) is 64.4 Å². The number of rotatable bonds is 4. The number of hydrogen-bond acceptors (Lipinski definition) is 6. The summed E-state index contributed by atoms with van der Waals surface area (Å²) < 4.78 is 1.97. The molecule has 1 N–H and O–H groups in total. The van der Waals surface area contributed by atoms with E-state index in [-0.39, 0.29) is 11.3 Å². The standard InChI is InChI=1S/C25H34N6O/c1-16-22(12-13-30(6)25(16,3)4)31(7)24-11-10-20(27-28-24)19-9-8-18(14-23(19)32)21-15-29(5)17(2)26-21/h8-11,14-16,22,32H,12-13H2,1-7H3. The summed E-state index contributed by atoms with van der Waals surface area (Å²) in [5.41, 5.74) is 3.16. The average Bonchev–Trinajstić information content (AvgIpc) is 3.10. The van der Waals surface area contributed by atoms with Crippen LogP contribution in [0.1, 0.15) is 33.0 Å². The SMILES string of the molecule is Cc1nc(-c2ccc(-c3ccc(N(C)C4CCN(C)C(C)(C)C4C)nn3)c(O)c2)cn1C. The van der Waals surface area contributed by atoms with E-state index in [2.05, 4.69) is 59.8 Å². The number of piperidine rings is 1. The molecule has 3 heterocycles. The van der Waals surface area contributed by atoms with Gasteiger partial charge in [-0.15, -0.1) is 10.2 Å². The first-order valence-electron chi connectivity index (χ1n) is 11.2. The van der Waals surface area contributed by atoms with E-state index < -0.39 is 0 Å². The highest BCUT2D eigenvalue weighted by molar-refractivity contribution is 5.73. The van der Waals surface area contributed by atoms with Crippen LogP contribution in [-0.2, 0) is 7.05 Å². The lowest BCUT2D eigenvalue weighted by Crippen LogP contribution is -2.59. The molecule has 7 heteroatoms. The van der Waals surface area contributed by atoms with E-state index in [1.54, 1.807) is 6.07 Å². The summed E-state index contributed by atoms with van der Waals surface area (Å²) in [5, 5.41) is 19.6. The summed E-state index contributed by atoms with van der Waals surface area (Å²) >= 11 is 0. The Bertz CT molecular complexity index is 1080. The lowest BCUT2D eigenvalue weighted by Gasteiger charge is -2.51. The minimum Gasteiger partial charge on any atom is -0.507 e. The van der Waals surface area contributed by atoms with Gasteiger partial charge in [-0.3, -0.25) is 0 Å². The second-order valence-electron chi connectivity index (χ2n) is 9.62. The third kappa shape index (κ3) is 3.86. The van der Waals surface area contributed by atoms with Crippen LogP contribution < -0.4 is 4.90 Å². The highest BCUT2D eigenvalue weighted by Crippen LogP contribution is 2.36. The summed E-state index contributed by atoms with van der Waals surface area (Å²) in [7, 11) is 6.27. The number of aromatic nitrogens is 4. The zero-order valence-corrected chi connectivity index (χ0v) is 20.2. The number of benzene rings is 1. The van der Waals surface area contributed by atoms with Gasteiger partial charge in [-0.25, -0.2) is 4.98 Å². The van der Waals surface area contributed by atoms with Crippen molar-refractivity contribution in [2.75, 3.05) is 25.5 Å². The largest absolute Gasteiger partial charge is 0.507 e. The van der Waals surface area contributed by atoms with Crippen molar-refractivity contribution < 1.29 is 5.11 Å². The number of phenolic OH excluding ortho intramolecular Hbond substituents is 1. The second kappa shape index (κ2) is 8.20. The number of hydrogen-bond donors (Lipinski definition) is 1. The molecule has 0 aliphatic carbocycles. The predicted molar refractivity (Wildman–Crippen MR) is 129 cm³/mol. The molecule has 1 aliphatic heterocycles. The van der Waals surface area contributed by atoms with E-state index in [1.165, 1.54) is 0 Å². The fraction of sp³-hybridized carbons (Fsp3) is 0.480. The van der Waals surface area contributed by atoms with Crippen molar-refractivity contribution >= 4 is 5.82 Å². The third-order valence-corrected chi connectivity index (χ3v) is 7.62. The molecule has 2 atom stereocenters. The molecule has 32 heavy (non-hydrogen) atoms. The van der Waals surface area contributed by atoms with Gasteiger partial charge in [0.25, 0.3) is 0 Å².